The topological polar surface area (TPSA) is 12.5 Å². The first-order valence-corrected chi connectivity index (χ1v) is 6.58. The van der Waals surface area contributed by atoms with Crippen LogP contribution in [0.5, 0.6) is 0 Å². The monoisotopic (exact) mass is 219 g/mol. The molecule has 0 spiro atoms. The van der Waals surface area contributed by atoms with Gasteiger partial charge in [0.25, 0.3) is 0 Å². The smallest absolute Gasteiger partial charge is 0.0619 e. The van der Waals surface area contributed by atoms with E-state index in [1.54, 1.807) is 0 Å². The van der Waals surface area contributed by atoms with E-state index < -0.39 is 0 Å². The average molecular weight is 219 g/mol. The first-order chi connectivity index (χ1) is 6.55. The second-order valence-electron chi connectivity index (χ2n) is 4.36. The summed E-state index contributed by atoms with van der Waals surface area (Å²) in [5.74, 6) is 0. The lowest BCUT2D eigenvalue weighted by atomic mass is 9.89. The van der Waals surface area contributed by atoms with E-state index in [2.05, 4.69) is 32.6 Å². The first-order valence-electron chi connectivity index (χ1n) is 5.43. The molecule has 0 aliphatic rings. The van der Waals surface area contributed by atoms with Crippen LogP contribution in [-0.4, -0.2) is 37.4 Å². The molecule has 0 bridgehead atoms. The molecule has 0 saturated carbocycles. The van der Waals surface area contributed by atoms with Crippen molar-refractivity contribution < 1.29 is 4.18 Å². The number of nitrogens with zero attached hydrogens (tertiary/aromatic N) is 1. The summed E-state index contributed by atoms with van der Waals surface area (Å²) in [5, 5.41) is 0. The Morgan fingerprint density at radius 2 is 1.79 bits per heavy atom. The van der Waals surface area contributed by atoms with Gasteiger partial charge in [0.05, 0.1) is 6.61 Å². The van der Waals surface area contributed by atoms with E-state index in [0.29, 0.717) is 5.41 Å². The molecular formula is C11H25NOS. The van der Waals surface area contributed by atoms with Gasteiger partial charge in [-0.1, -0.05) is 27.7 Å². The Labute approximate surface area is 93.6 Å². The van der Waals surface area contributed by atoms with Crippen molar-refractivity contribution in [1.29, 1.82) is 0 Å². The third-order valence-electron chi connectivity index (χ3n) is 2.53. The summed E-state index contributed by atoms with van der Waals surface area (Å²) < 4.78 is 5.32. The fraction of sp³-hybridized carbons (Fsp3) is 1.00. The van der Waals surface area contributed by atoms with Crippen LogP contribution in [0.4, 0.5) is 0 Å². The van der Waals surface area contributed by atoms with Gasteiger partial charge in [-0.15, -0.1) is 0 Å². The summed E-state index contributed by atoms with van der Waals surface area (Å²) in [5.41, 5.74) is 0.363. The fourth-order valence-corrected chi connectivity index (χ4v) is 1.78. The van der Waals surface area contributed by atoms with E-state index in [4.69, 9.17) is 4.18 Å². The molecule has 0 aromatic heterocycles. The van der Waals surface area contributed by atoms with Crippen molar-refractivity contribution in [2.75, 3.05) is 32.5 Å². The predicted molar refractivity (Wildman–Crippen MR) is 65.7 cm³/mol. The maximum absolute atomic E-state index is 5.32. The van der Waals surface area contributed by atoms with Gasteiger partial charge < -0.3 is 9.08 Å². The molecule has 0 aromatic carbocycles. The molecule has 0 aliphatic heterocycles. The highest BCUT2D eigenvalue weighted by Gasteiger charge is 2.20. The highest BCUT2D eigenvalue weighted by molar-refractivity contribution is 7.93. The van der Waals surface area contributed by atoms with E-state index in [-0.39, 0.29) is 0 Å². The molecule has 0 N–H and O–H groups in total. The molecule has 0 unspecified atom stereocenters. The van der Waals surface area contributed by atoms with Crippen molar-refractivity contribution >= 4 is 12.0 Å². The number of hydrogen-bond acceptors (Lipinski definition) is 3. The zero-order valence-corrected chi connectivity index (χ0v) is 11.1. The van der Waals surface area contributed by atoms with Gasteiger partial charge in [-0.25, -0.2) is 0 Å². The third-order valence-corrected chi connectivity index (χ3v) is 2.93. The van der Waals surface area contributed by atoms with E-state index in [1.165, 1.54) is 12.0 Å². The molecule has 3 heteroatoms. The quantitative estimate of drug-likeness (QED) is 0.460. The molecule has 0 atom stereocenters. The van der Waals surface area contributed by atoms with E-state index >= 15 is 0 Å². The second-order valence-corrected chi connectivity index (χ2v) is 4.93. The summed E-state index contributed by atoms with van der Waals surface area (Å²) in [6, 6.07) is 0. The Balaban J connectivity index is 3.79. The average Bonchev–Trinajstić information content (AvgIpc) is 2.14. The van der Waals surface area contributed by atoms with Crippen LogP contribution < -0.4 is 0 Å². The lowest BCUT2D eigenvalue weighted by molar-refractivity contribution is 0.161. The van der Waals surface area contributed by atoms with Gasteiger partial charge in [0.15, 0.2) is 0 Å². The molecule has 0 heterocycles. The first kappa shape index (κ1) is 14.3. The highest BCUT2D eigenvalue weighted by atomic mass is 32.2. The standard InChI is InChI=1S/C11H25NOS/c1-6-12(7-2)10-11(3,4)8-9-13-14-5/h6-10H2,1-5H3. The van der Waals surface area contributed by atoms with Crippen molar-refractivity contribution in [2.45, 2.75) is 34.1 Å². The largest absolute Gasteiger partial charge is 0.316 e. The fourth-order valence-electron chi connectivity index (χ4n) is 1.53. The van der Waals surface area contributed by atoms with E-state index in [1.807, 2.05) is 6.26 Å². The zero-order chi connectivity index (χ0) is 11.0. The predicted octanol–water partition coefficient (Wildman–Crippen LogP) is 3.04. The van der Waals surface area contributed by atoms with Crippen molar-refractivity contribution in [2.24, 2.45) is 5.41 Å². The van der Waals surface area contributed by atoms with Crippen LogP contribution in [0.25, 0.3) is 0 Å². The van der Waals surface area contributed by atoms with Gasteiger partial charge in [-0.3, -0.25) is 0 Å². The Morgan fingerprint density at radius 1 is 1.21 bits per heavy atom. The Kier molecular flexibility index (Phi) is 7.69. The van der Waals surface area contributed by atoms with E-state index in [9.17, 15) is 0 Å². The van der Waals surface area contributed by atoms with Crippen molar-refractivity contribution in [1.82, 2.24) is 4.90 Å². The van der Waals surface area contributed by atoms with Gasteiger partial charge in [0.1, 0.15) is 0 Å². The SMILES string of the molecule is CCN(CC)CC(C)(C)CCOSC. The minimum Gasteiger partial charge on any atom is -0.316 e. The summed E-state index contributed by atoms with van der Waals surface area (Å²) >= 11 is 1.46. The van der Waals surface area contributed by atoms with Gasteiger partial charge in [-0.05, 0) is 37.0 Å². The minimum atomic E-state index is 0.363. The van der Waals surface area contributed by atoms with Crippen LogP contribution in [0.15, 0.2) is 0 Å². The lowest BCUT2D eigenvalue weighted by Gasteiger charge is -2.31. The molecule has 0 saturated heterocycles. The molecule has 86 valence electrons. The molecule has 14 heavy (non-hydrogen) atoms. The normalized spacial score (nSPS) is 12.4. The lowest BCUT2D eigenvalue weighted by Crippen LogP contribution is -2.34. The Bertz CT molecular complexity index is 135. The molecule has 0 fully saturated rings. The van der Waals surface area contributed by atoms with Gasteiger partial charge >= 0.3 is 0 Å². The second kappa shape index (κ2) is 7.55. The molecule has 0 rings (SSSR count). The zero-order valence-electron chi connectivity index (χ0n) is 10.3. The maximum Gasteiger partial charge on any atom is 0.0619 e. The molecule has 0 amide bonds. The minimum absolute atomic E-state index is 0.363. The van der Waals surface area contributed by atoms with E-state index in [0.717, 1.165) is 32.7 Å². The van der Waals surface area contributed by atoms with Gasteiger partial charge in [0.2, 0.25) is 0 Å². The third kappa shape index (κ3) is 6.68. The van der Waals surface area contributed by atoms with Gasteiger partial charge in [0, 0.05) is 12.8 Å². The van der Waals surface area contributed by atoms with Crippen molar-refractivity contribution in [3.8, 4) is 0 Å². The maximum atomic E-state index is 5.32. The molecule has 0 aromatic rings. The molecule has 0 aliphatic carbocycles. The van der Waals surface area contributed by atoms with Crippen LogP contribution in [0.1, 0.15) is 34.1 Å². The molecule has 0 radical (unpaired) electrons. The van der Waals surface area contributed by atoms with Crippen LogP contribution in [-0.2, 0) is 4.18 Å². The number of rotatable bonds is 8. The van der Waals surface area contributed by atoms with Crippen LogP contribution in [0.2, 0.25) is 0 Å². The van der Waals surface area contributed by atoms with Crippen LogP contribution in [0.3, 0.4) is 0 Å². The number of hydrogen-bond donors (Lipinski definition) is 0. The van der Waals surface area contributed by atoms with Crippen LogP contribution in [0, 0.1) is 5.41 Å². The Hall–Kier alpha value is 0.270. The Morgan fingerprint density at radius 3 is 2.21 bits per heavy atom. The van der Waals surface area contributed by atoms with Crippen molar-refractivity contribution in [3.05, 3.63) is 0 Å². The molecule has 2 nitrogen and oxygen atoms in total. The summed E-state index contributed by atoms with van der Waals surface area (Å²) in [7, 11) is 0. The highest BCUT2D eigenvalue weighted by Crippen LogP contribution is 2.22. The summed E-state index contributed by atoms with van der Waals surface area (Å²) in [6.07, 6.45) is 3.10. The van der Waals surface area contributed by atoms with Crippen molar-refractivity contribution in [3.63, 3.8) is 0 Å². The van der Waals surface area contributed by atoms with Gasteiger partial charge in [-0.2, -0.15) is 0 Å². The summed E-state index contributed by atoms with van der Waals surface area (Å²) in [6.45, 7) is 13.4. The summed E-state index contributed by atoms with van der Waals surface area (Å²) in [4.78, 5) is 2.47. The van der Waals surface area contributed by atoms with Crippen LogP contribution >= 0.6 is 12.0 Å². The molecular weight excluding hydrogens is 194 g/mol.